The van der Waals surface area contributed by atoms with Crippen molar-refractivity contribution in [2.45, 2.75) is 6.92 Å². The lowest BCUT2D eigenvalue weighted by molar-refractivity contribution is 0.102. The molecular formula is C22H26N4O3. The van der Waals surface area contributed by atoms with Gasteiger partial charge in [-0.2, -0.15) is 4.98 Å². The fourth-order valence-electron chi connectivity index (χ4n) is 2.97. The van der Waals surface area contributed by atoms with Crippen molar-refractivity contribution in [1.82, 2.24) is 14.9 Å². The molecule has 1 atom stereocenters. The fraction of sp³-hybridized carbons (Fsp3) is 0.318. The monoisotopic (exact) mass is 394 g/mol. The number of benzene rings is 1. The maximum absolute atomic E-state index is 12.4. The van der Waals surface area contributed by atoms with Crippen molar-refractivity contribution in [3.63, 3.8) is 0 Å². The summed E-state index contributed by atoms with van der Waals surface area (Å²) in [5.74, 6) is 1.79. The average Bonchev–Trinajstić information content (AvgIpc) is 2.71. The summed E-state index contributed by atoms with van der Waals surface area (Å²) in [5.41, 5.74) is 1.04. The number of nitrogens with zero attached hydrogens (tertiary/aromatic N) is 3. The third-order valence-corrected chi connectivity index (χ3v) is 4.31. The van der Waals surface area contributed by atoms with E-state index in [4.69, 9.17) is 9.47 Å². The zero-order valence-corrected chi connectivity index (χ0v) is 17.2. The molecule has 0 saturated heterocycles. The molecule has 0 spiro atoms. The van der Waals surface area contributed by atoms with E-state index >= 15 is 0 Å². The molecule has 2 aromatic heterocycles. The van der Waals surface area contributed by atoms with Gasteiger partial charge in [-0.1, -0.05) is 6.92 Å². The van der Waals surface area contributed by atoms with Gasteiger partial charge in [0.2, 0.25) is 5.88 Å². The van der Waals surface area contributed by atoms with Crippen molar-refractivity contribution in [2.75, 3.05) is 39.7 Å². The van der Waals surface area contributed by atoms with E-state index in [1.54, 1.807) is 37.4 Å². The lowest BCUT2D eigenvalue weighted by atomic mass is 10.2. The Bertz CT molecular complexity index is 973. The van der Waals surface area contributed by atoms with Gasteiger partial charge in [-0.05, 0) is 56.6 Å². The Balaban J connectivity index is 1.70. The molecule has 29 heavy (non-hydrogen) atoms. The molecule has 152 valence electrons. The highest BCUT2D eigenvalue weighted by atomic mass is 16.5. The molecule has 1 aromatic carbocycles. The fourth-order valence-corrected chi connectivity index (χ4v) is 2.97. The quantitative estimate of drug-likeness (QED) is 0.630. The van der Waals surface area contributed by atoms with Crippen LogP contribution in [0.2, 0.25) is 0 Å². The van der Waals surface area contributed by atoms with Crippen LogP contribution in [-0.4, -0.2) is 55.1 Å². The van der Waals surface area contributed by atoms with E-state index in [0.29, 0.717) is 41.2 Å². The van der Waals surface area contributed by atoms with Crippen molar-refractivity contribution in [2.24, 2.45) is 5.92 Å². The molecule has 3 aromatic rings. The third-order valence-electron chi connectivity index (χ3n) is 4.31. The van der Waals surface area contributed by atoms with Crippen LogP contribution in [0.5, 0.6) is 11.6 Å². The first-order valence-electron chi connectivity index (χ1n) is 9.45. The lowest BCUT2D eigenvalue weighted by Gasteiger charge is -2.17. The van der Waals surface area contributed by atoms with Crippen LogP contribution in [-0.2, 0) is 0 Å². The van der Waals surface area contributed by atoms with Crippen molar-refractivity contribution >= 4 is 22.8 Å². The molecule has 0 bridgehead atoms. The number of aromatic nitrogens is 2. The summed E-state index contributed by atoms with van der Waals surface area (Å²) in [4.78, 5) is 23.5. The molecule has 0 aliphatic rings. The minimum absolute atomic E-state index is 0.246. The number of hydrogen-bond donors (Lipinski definition) is 1. The van der Waals surface area contributed by atoms with Crippen molar-refractivity contribution in [3.8, 4) is 11.6 Å². The van der Waals surface area contributed by atoms with Crippen molar-refractivity contribution in [3.05, 3.63) is 54.1 Å². The molecule has 0 radical (unpaired) electrons. The summed E-state index contributed by atoms with van der Waals surface area (Å²) in [5, 5.41) is 3.68. The summed E-state index contributed by atoms with van der Waals surface area (Å²) in [6.07, 6.45) is 0. The standard InChI is InChI=1S/C22H26N4O3/c1-15(13-26(2)3)14-29-20-12-8-16-7-11-19(23-21(16)25-20)24-22(27)17-5-9-18(28-4)10-6-17/h5-12,15H,13-14H2,1-4H3,(H,23,24,25,27). The lowest BCUT2D eigenvalue weighted by Crippen LogP contribution is -2.24. The number of carbonyl (C=O) groups excluding carboxylic acids is 1. The van der Waals surface area contributed by atoms with Gasteiger partial charge in [-0.3, -0.25) is 4.79 Å². The minimum Gasteiger partial charge on any atom is -0.497 e. The van der Waals surface area contributed by atoms with Gasteiger partial charge < -0.3 is 19.7 Å². The molecular weight excluding hydrogens is 368 g/mol. The van der Waals surface area contributed by atoms with Gasteiger partial charge in [0.05, 0.1) is 13.7 Å². The average molecular weight is 394 g/mol. The van der Waals surface area contributed by atoms with Crippen LogP contribution < -0.4 is 14.8 Å². The van der Waals surface area contributed by atoms with Gasteiger partial charge in [-0.25, -0.2) is 4.98 Å². The molecule has 7 heteroatoms. The third kappa shape index (κ3) is 5.65. The Labute approximate surface area is 170 Å². The molecule has 7 nitrogen and oxygen atoms in total. The van der Waals surface area contributed by atoms with Crippen LogP contribution in [0.15, 0.2) is 48.5 Å². The van der Waals surface area contributed by atoms with E-state index in [9.17, 15) is 4.79 Å². The Kier molecular flexibility index (Phi) is 6.61. The number of hydrogen-bond acceptors (Lipinski definition) is 6. The summed E-state index contributed by atoms with van der Waals surface area (Å²) < 4.78 is 10.9. The Hall–Kier alpha value is -3.19. The van der Waals surface area contributed by atoms with Crippen LogP contribution in [0.3, 0.4) is 0 Å². The second-order valence-electron chi connectivity index (χ2n) is 7.25. The van der Waals surface area contributed by atoms with Crippen LogP contribution in [0, 0.1) is 5.92 Å². The topological polar surface area (TPSA) is 76.6 Å². The second kappa shape index (κ2) is 9.34. The number of ether oxygens (including phenoxy) is 2. The van der Waals surface area contributed by atoms with Gasteiger partial charge in [0.1, 0.15) is 11.6 Å². The summed E-state index contributed by atoms with van der Waals surface area (Å²) in [7, 11) is 5.66. The minimum atomic E-state index is -0.246. The molecule has 3 rings (SSSR count). The zero-order valence-electron chi connectivity index (χ0n) is 17.2. The predicted octanol–water partition coefficient (Wildman–Crippen LogP) is 3.47. The number of methoxy groups -OCH3 is 1. The number of carbonyl (C=O) groups is 1. The number of nitrogens with one attached hydrogen (secondary N) is 1. The zero-order chi connectivity index (χ0) is 20.8. The molecule has 0 saturated carbocycles. The molecule has 0 aliphatic heterocycles. The Morgan fingerprint density at radius 2 is 1.79 bits per heavy atom. The first-order valence-corrected chi connectivity index (χ1v) is 9.45. The normalized spacial score (nSPS) is 12.0. The highest BCUT2D eigenvalue weighted by Crippen LogP contribution is 2.19. The second-order valence-corrected chi connectivity index (χ2v) is 7.25. The van der Waals surface area contributed by atoms with Crippen LogP contribution in [0.25, 0.3) is 11.0 Å². The smallest absolute Gasteiger partial charge is 0.256 e. The molecule has 1 unspecified atom stereocenters. The number of pyridine rings is 2. The van der Waals surface area contributed by atoms with E-state index in [1.807, 2.05) is 32.3 Å². The number of fused-ring (bicyclic) bond motifs is 1. The molecule has 1 N–H and O–H groups in total. The highest BCUT2D eigenvalue weighted by Gasteiger charge is 2.10. The summed E-state index contributed by atoms with van der Waals surface area (Å²) in [6.45, 7) is 3.64. The van der Waals surface area contributed by atoms with E-state index in [-0.39, 0.29) is 5.91 Å². The molecule has 0 fully saturated rings. The van der Waals surface area contributed by atoms with Gasteiger partial charge in [-0.15, -0.1) is 0 Å². The van der Waals surface area contributed by atoms with Crippen molar-refractivity contribution < 1.29 is 14.3 Å². The van der Waals surface area contributed by atoms with E-state index < -0.39 is 0 Å². The number of anilines is 1. The molecule has 1 amide bonds. The largest absolute Gasteiger partial charge is 0.497 e. The summed E-state index contributed by atoms with van der Waals surface area (Å²) >= 11 is 0. The maximum atomic E-state index is 12.4. The Morgan fingerprint density at radius 3 is 2.48 bits per heavy atom. The SMILES string of the molecule is COc1ccc(C(=O)Nc2ccc3ccc(OCC(C)CN(C)C)nc3n2)cc1. The first kappa shape index (κ1) is 20.5. The number of amides is 1. The molecule has 2 heterocycles. The maximum Gasteiger partial charge on any atom is 0.256 e. The number of rotatable bonds is 8. The van der Waals surface area contributed by atoms with Crippen molar-refractivity contribution in [1.29, 1.82) is 0 Å². The van der Waals surface area contributed by atoms with E-state index in [1.165, 1.54) is 0 Å². The Morgan fingerprint density at radius 1 is 1.07 bits per heavy atom. The van der Waals surface area contributed by atoms with Crippen LogP contribution >= 0.6 is 0 Å². The van der Waals surface area contributed by atoms with Gasteiger partial charge in [0.25, 0.3) is 5.91 Å². The first-order chi connectivity index (χ1) is 13.9. The van der Waals surface area contributed by atoms with Crippen LogP contribution in [0.4, 0.5) is 5.82 Å². The van der Waals surface area contributed by atoms with Gasteiger partial charge in [0, 0.05) is 29.5 Å². The van der Waals surface area contributed by atoms with E-state index in [0.717, 1.165) is 11.9 Å². The van der Waals surface area contributed by atoms with Gasteiger partial charge in [0.15, 0.2) is 5.65 Å². The van der Waals surface area contributed by atoms with Gasteiger partial charge >= 0.3 is 0 Å². The highest BCUT2D eigenvalue weighted by molar-refractivity contribution is 6.04. The summed E-state index contributed by atoms with van der Waals surface area (Å²) in [6, 6.07) is 14.3. The van der Waals surface area contributed by atoms with Crippen LogP contribution in [0.1, 0.15) is 17.3 Å². The predicted molar refractivity (Wildman–Crippen MR) is 114 cm³/mol. The van der Waals surface area contributed by atoms with E-state index in [2.05, 4.69) is 27.1 Å². The molecule has 0 aliphatic carbocycles.